The van der Waals surface area contributed by atoms with Crippen LogP contribution in [0.4, 0.5) is 9.93 Å². The summed E-state index contributed by atoms with van der Waals surface area (Å²) < 4.78 is 5.16. The van der Waals surface area contributed by atoms with Crippen molar-refractivity contribution >= 4 is 28.8 Å². The number of hydrogen-bond acceptors (Lipinski definition) is 5. The molecule has 0 aliphatic heterocycles. The van der Waals surface area contributed by atoms with Gasteiger partial charge < -0.3 is 9.53 Å². The maximum Gasteiger partial charge on any atom is 0.413 e. The Kier molecular flexibility index (Phi) is 5.47. The lowest BCUT2D eigenvalue weighted by Gasteiger charge is -2.18. The number of aryl methyl sites for hydroxylation is 2. The molecule has 1 aromatic heterocycles. The number of unbranched alkanes of at least 4 members (excludes halogenated alkanes) is 1. The maximum atomic E-state index is 11.6. The zero-order chi connectivity index (χ0) is 14.5. The molecule has 1 aromatic rings. The minimum atomic E-state index is -0.525. The number of thiazole rings is 1. The van der Waals surface area contributed by atoms with Crippen LogP contribution in [0.5, 0.6) is 0 Å². The number of nitrogens with zero attached hydrogens (tertiary/aromatic N) is 1. The Morgan fingerprint density at radius 3 is 2.74 bits per heavy atom. The van der Waals surface area contributed by atoms with Gasteiger partial charge >= 0.3 is 6.09 Å². The van der Waals surface area contributed by atoms with E-state index in [2.05, 4.69) is 10.3 Å². The molecular formula is C13H20N2O3S. The van der Waals surface area contributed by atoms with Gasteiger partial charge in [-0.1, -0.05) is 0 Å². The van der Waals surface area contributed by atoms with Crippen LogP contribution in [0.15, 0.2) is 0 Å². The van der Waals surface area contributed by atoms with Gasteiger partial charge in [-0.3, -0.25) is 5.32 Å². The number of carbonyl (C=O) groups is 2. The van der Waals surface area contributed by atoms with E-state index >= 15 is 0 Å². The molecule has 1 amide bonds. The van der Waals surface area contributed by atoms with E-state index in [1.165, 1.54) is 11.3 Å². The number of nitrogens with one attached hydrogen (secondary N) is 1. The molecule has 1 rings (SSSR count). The SMILES string of the molecule is Cc1nc(NC(=O)OC(C)(C)C)sc1CCCC=O. The summed E-state index contributed by atoms with van der Waals surface area (Å²) in [7, 11) is 0. The molecule has 1 heterocycles. The monoisotopic (exact) mass is 284 g/mol. The third kappa shape index (κ3) is 5.83. The lowest BCUT2D eigenvalue weighted by molar-refractivity contribution is -0.107. The number of ether oxygens (including phenoxy) is 1. The predicted molar refractivity (Wildman–Crippen MR) is 75.7 cm³/mol. The zero-order valence-corrected chi connectivity index (χ0v) is 12.6. The first-order valence-electron chi connectivity index (χ1n) is 6.22. The Hall–Kier alpha value is -1.43. The highest BCUT2D eigenvalue weighted by Crippen LogP contribution is 2.24. The smallest absolute Gasteiger partial charge is 0.413 e. The average molecular weight is 284 g/mol. The second-order valence-electron chi connectivity index (χ2n) is 5.21. The molecule has 19 heavy (non-hydrogen) atoms. The second-order valence-corrected chi connectivity index (χ2v) is 6.30. The first-order chi connectivity index (χ1) is 8.81. The average Bonchev–Trinajstić information content (AvgIpc) is 2.56. The zero-order valence-electron chi connectivity index (χ0n) is 11.8. The molecule has 1 N–H and O–H groups in total. The predicted octanol–water partition coefficient (Wildman–Crippen LogP) is 3.32. The van der Waals surface area contributed by atoms with Gasteiger partial charge in [0.25, 0.3) is 0 Å². The molecule has 0 aromatic carbocycles. The number of carbonyl (C=O) groups excluding carboxylic acids is 2. The first kappa shape index (κ1) is 15.6. The quantitative estimate of drug-likeness (QED) is 0.665. The summed E-state index contributed by atoms with van der Waals surface area (Å²) in [5, 5.41) is 3.16. The number of aromatic nitrogens is 1. The van der Waals surface area contributed by atoms with Crippen molar-refractivity contribution in [3.8, 4) is 0 Å². The molecule has 0 atom stereocenters. The van der Waals surface area contributed by atoms with Gasteiger partial charge in [0.2, 0.25) is 0 Å². The summed E-state index contributed by atoms with van der Waals surface area (Å²) in [6, 6.07) is 0. The van der Waals surface area contributed by atoms with Crippen LogP contribution >= 0.6 is 11.3 Å². The van der Waals surface area contributed by atoms with Gasteiger partial charge in [-0.2, -0.15) is 0 Å². The van der Waals surface area contributed by atoms with Crippen molar-refractivity contribution in [2.75, 3.05) is 5.32 Å². The molecule has 0 aliphatic carbocycles. The topological polar surface area (TPSA) is 68.3 Å². The molecule has 0 aliphatic rings. The molecule has 0 spiro atoms. The summed E-state index contributed by atoms with van der Waals surface area (Å²) in [4.78, 5) is 27.2. The van der Waals surface area contributed by atoms with Crippen molar-refractivity contribution in [3.05, 3.63) is 10.6 Å². The van der Waals surface area contributed by atoms with E-state index in [1.54, 1.807) is 0 Å². The summed E-state index contributed by atoms with van der Waals surface area (Å²) in [6.45, 7) is 7.33. The Labute approximate surface area is 117 Å². The summed E-state index contributed by atoms with van der Waals surface area (Å²) in [6.07, 6.45) is 2.57. The highest BCUT2D eigenvalue weighted by Gasteiger charge is 2.17. The fraction of sp³-hybridized carbons (Fsp3) is 0.615. The number of anilines is 1. The van der Waals surface area contributed by atoms with Crippen molar-refractivity contribution in [3.63, 3.8) is 0 Å². The number of rotatable bonds is 5. The fourth-order valence-electron chi connectivity index (χ4n) is 1.45. The second kappa shape index (κ2) is 6.65. The third-order valence-electron chi connectivity index (χ3n) is 2.23. The molecule has 0 saturated carbocycles. The van der Waals surface area contributed by atoms with E-state index in [4.69, 9.17) is 4.74 Å². The number of amides is 1. The largest absolute Gasteiger partial charge is 0.444 e. The highest BCUT2D eigenvalue weighted by molar-refractivity contribution is 7.15. The summed E-state index contributed by atoms with van der Waals surface area (Å²) >= 11 is 1.43. The lowest BCUT2D eigenvalue weighted by Crippen LogP contribution is -2.27. The van der Waals surface area contributed by atoms with Crippen LogP contribution in [-0.2, 0) is 16.0 Å². The van der Waals surface area contributed by atoms with E-state index in [0.717, 1.165) is 29.7 Å². The highest BCUT2D eigenvalue weighted by atomic mass is 32.1. The van der Waals surface area contributed by atoms with Crippen LogP contribution in [0.3, 0.4) is 0 Å². The van der Waals surface area contributed by atoms with E-state index in [1.807, 2.05) is 27.7 Å². The number of hydrogen-bond donors (Lipinski definition) is 1. The van der Waals surface area contributed by atoms with Crippen molar-refractivity contribution in [2.45, 2.75) is 52.6 Å². The molecule has 5 nitrogen and oxygen atoms in total. The minimum absolute atomic E-state index is 0.499. The Morgan fingerprint density at radius 1 is 1.47 bits per heavy atom. The van der Waals surface area contributed by atoms with Gasteiger partial charge in [0.15, 0.2) is 5.13 Å². The summed E-state index contributed by atoms with van der Waals surface area (Å²) in [5.74, 6) is 0. The third-order valence-corrected chi connectivity index (χ3v) is 3.36. The van der Waals surface area contributed by atoms with E-state index in [-0.39, 0.29) is 0 Å². The van der Waals surface area contributed by atoms with Gasteiger partial charge in [0.05, 0.1) is 5.69 Å². The fourth-order valence-corrected chi connectivity index (χ4v) is 2.44. The Bertz CT molecular complexity index is 449. The standard InChI is InChI=1S/C13H20N2O3S/c1-9-10(7-5-6-8-16)19-11(14-9)15-12(17)18-13(2,3)4/h8H,5-7H2,1-4H3,(H,14,15,17). The van der Waals surface area contributed by atoms with Crippen molar-refractivity contribution < 1.29 is 14.3 Å². The van der Waals surface area contributed by atoms with Crippen LogP contribution in [0.1, 0.15) is 44.2 Å². The van der Waals surface area contributed by atoms with Crippen LogP contribution in [-0.4, -0.2) is 23.0 Å². The van der Waals surface area contributed by atoms with Gasteiger partial charge in [-0.15, -0.1) is 11.3 Å². The molecule has 0 fully saturated rings. The molecule has 0 saturated heterocycles. The molecule has 106 valence electrons. The molecular weight excluding hydrogens is 264 g/mol. The van der Waals surface area contributed by atoms with Gasteiger partial charge in [-0.05, 0) is 40.5 Å². The Balaban J connectivity index is 2.58. The first-order valence-corrected chi connectivity index (χ1v) is 7.03. The maximum absolute atomic E-state index is 11.6. The van der Waals surface area contributed by atoms with Crippen molar-refractivity contribution in [1.82, 2.24) is 4.98 Å². The Morgan fingerprint density at radius 2 is 2.16 bits per heavy atom. The molecule has 0 bridgehead atoms. The van der Waals surface area contributed by atoms with Gasteiger partial charge in [0, 0.05) is 11.3 Å². The number of aldehydes is 1. The minimum Gasteiger partial charge on any atom is -0.444 e. The normalized spacial score (nSPS) is 11.2. The van der Waals surface area contributed by atoms with Gasteiger partial charge in [-0.25, -0.2) is 9.78 Å². The lowest BCUT2D eigenvalue weighted by atomic mass is 10.2. The van der Waals surface area contributed by atoms with Gasteiger partial charge in [0.1, 0.15) is 11.9 Å². The molecule has 0 radical (unpaired) electrons. The van der Waals surface area contributed by atoms with Crippen LogP contribution < -0.4 is 5.32 Å². The van der Waals surface area contributed by atoms with E-state index < -0.39 is 11.7 Å². The van der Waals surface area contributed by atoms with E-state index in [9.17, 15) is 9.59 Å². The molecule has 0 unspecified atom stereocenters. The van der Waals surface area contributed by atoms with Crippen LogP contribution in [0.2, 0.25) is 0 Å². The van der Waals surface area contributed by atoms with Crippen LogP contribution in [0, 0.1) is 6.92 Å². The van der Waals surface area contributed by atoms with Crippen molar-refractivity contribution in [2.24, 2.45) is 0 Å². The van der Waals surface area contributed by atoms with Crippen molar-refractivity contribution in [1.29, 1.82) is 0 Å². The molecule has 6 heteroatoms. The van der Waals surface area contributed by atoms with Crippen LogP contribution in [0.25, 0.3) is 0 Å². The summed E-state index contributed by atoms with van der Waals surface area (Å²) in [5.41, 5.74) is 0.366. The van der Waals surface area contributed by atoms with E-state index in [0.29, 0.717) is 11.6 Å².